The van der Waals surface area contributed by atoms with E-state index in [1.54, 1.807) is 0 Å². The average Bonchev–Trinajstić information content (AvgIpc) is 2.43. The SMILES string of the molecule is CCOCCCNCCN(CC)c1ccccc1. The molecule has 0 atom stereocenters. The van der Waals surface area contributed by atoms with Crippen molar-refractivity contribution in [2.24, 2.45) is 0 Å². The number of nitrogens with zero attached hydrogens (tertiary/aromatic N) is 1. The van der Waals surface area contributed by atoms with Gasteiger partial charge in [-0.3, -0.25) is 0 Å². The number of anilines is 1. The Morgan fingerprint density at radius 1 is 1.11 bits per heavy atom. The van der Waals surface area contributed by atoms with Gasteiger partial charge in [0, 0.05) is 38.5 Å². The molecule has 1 N–H and O–H groups in total. The standard InChI is InChI=1S/C15H26N2O/c1-3-17(15-9-6-5-7-10-15)13-12-16-11-8-14-18-4-2/h5-7,9-10,16H,3-4,8,11-14H2,1-2H3. The Bertz CT molecular complexity index is 290. The van der Waals surface area contributed by atoms with E-state index in [0.717, 1.165) is 45.8 Å². The summed E-state index contributed by atoms with van der Waals surface area (Å²) in [7, 11) is 0. The normalized spacial score (nSPS) is 10.6. The molecule has 1 aromatic carbocycles. The van der Waals surface area contributed by atoms with E-state index in [1.807, 2.05) is 6.92 Å². The van der Waals surface area contributed by atoms with Gasteiger partial charge in [-0.25, -0.2) is 0 Å². The van der Waals surface area contributed by atoms with E-state index in [4.69, 9.17) is 4.74 Å². The van der Waals surface area contributed by atoms with Gasteiger partial charge in [0.15, 0.2) is 0 Å². The fourth-order valence-corrected chi connectivity index (χ4v) is 1.89. The molecule has 0 saturated carbocycles. The third-order valence-corrected chi connectivity index (χ3v) is 2.91. The average molecular weight is 250 g/mol. The number of benzene rings is 1. The van der Waals surface area contributed by atoms with Crippen LogP contribution in [0, 0.1) is 0 Å². The zero-order chi connectivity index (χ0) is 13.1. The van der Waals surface area contributed by atoms with Crippen LogP contribution in [-0.4, -0.2) is 39.4 Å². The van der Waals surface area contributed by atoms with Gasteiger partial charge in [-0.2, -0.15) is 0 Å². The number of hydrogen-bond donors (Lipinski definition) is 1. The number of rotatable bonds is 10. The van der Waals surface area contributed by atoms with Crippen molar-refractivity contribution in [3.8, 4) is 0 Å². The molecule has 3 nitrogen and oxygen atoms in total. The van der Waals surface area contributed by atoms with Crippen LogP contribution in [0.5, 0.6) is 0 Å². The monoisotopic (exact) mass is 250 g/mol. The molecule has 1 rings (SSSR count). The van der Waals surface area contributed by atoms with Gasteiger partial charge in [-0.15, -0.1) is 0 Å². The molecule has 1 aromatic rings. The van der Waals surface area contributed by atoms with E-state index >= 15 is 0 Å². The highest BCUT2D eigenvalue weighted by atomic mass is 16.5. The summed E-state index contributed by atoms with van der Waals surface area (Å²) >= 11 is 0. The molecule has 102 valence electrons. The molecular formula is C15H26N2O. The Morgan fingerprint density at radius 3 is 2.56 bits per heavy atom. The van der Waals surface area contributed by atoms with Gasteiger partial charge < -0.3 is 15.0 Å². The summed E-state index contributed by atoms with van der Waals surface area (Å²) in [5.41, 5.74) is 1.30. The van der Waals surface area contributed by atoms with Gasteiger partial charge >= 0.3 is 0 Å². The van der Waals surface area contributed by atoms with Crippen LogP contribution in [-0.2, 0) is 4.74 Å². The lowest BCUT2D eigenvalue weighted by Gasteiger charge is -2.23. The van der Waals surface area contributed by atoms with E-state index in [9.17, 15) is 0 Å². The predicted molar refractivity (Wildman–Crippen MR) is 78.3 cm³/mol. The number of ether oxygens (including phenoxy) is 1. The molecule has 0 amide bonds. The highest BCUT2D eigenvalue weighted by Crippen LogP contribution is 2.11. The largest absolute Gasteiger partial charge is 0.382 e. The van der Waals surface area contributed by atoms with Crippen LogP contribution in [0.3, 0.4) is 0 Å². The summed E-state index contributed by atoms with van der Waals surface area (Å²) in [5.74, 6) is 0. The number of hydrogen-bond acceptors (Lipinski definition) is 3. The smallest absolute Gasteiger partial charge is 0.0477 e. The second-order valence-electron chi connectivity index (χ2n) is 4.22. The molecule has 0 heterocycles. The van der Waals surface area contributed by atoms with Crippen molar-refractivity contribution >= 4 is 5.69 Å². The first kappa shape index (κ1) is 15.0. The minimum Gasteiger partial charge on any atom is -0.382 e. The molecular weight excluding hydrogens is 224 g/mol. The van der Waals surface area contributed by atoms with Gasteiger partial charge in [0.1, 0.15) is 0 Å². The second-order valence-corrected chi connectivity index (χ2v) is 4.22. The molecule has 0 spiro atoms. The van der Waals surface area contributed by atoms with Crippen LogP contribution in [0.15, 0.2) is 30.3 Å². The highest BCUT2D eigenvalue weighted by molar-refractivity contribution is 5.45. The van der Waals surface area contributed by atoms with Crippen molar-refractivity contribution in [2.75, 3.05) is 44.3 Å². The van der Waals surface area contributed by atoms with Crippen LogP contribution in [0.25, 0.3) is 0 Å². The zero-order valence-corrected chi connectivity index (χ0v) is 11.7. The van der Waals surface area contributed by atoms with Gasteiger partial charge in [-0.05, 0) is 38.9 Å². The number of likely N-dealkylation sites (N-methyl/N-ethyl adjacent to an activating group) is 1. The second kappa shape index (κ2) is 9.92. The summed E-state index contributed by atoms with van der Waals surface area (Å²) in [6, 6.07) is 10.6. The summed E-state index contributed by atoms with van der Waals surface area (Å²) in [6.07, 6.45) is 1.09. The van der Waals surface area contributed by atoms with Crippen molar-refractivity contribution in [3.63, 3.8) is 0 Å². The lowest BCUT2D eigenvalue weighted by atomic mass is 10.3. The molecule has 18 heavy (non-hydrogen) atoms. The number of para-hydroxylation sites is 1. The first-order chi connectivity index (χ1) is 8.88. The Balaban J connectivity index is 2.13. The third-order valence-electron chi connectivity index (χ3n) is 2.91. The molecule has 0 aliphatic carbocycles. The van der Waals surface area contributed by atoms with Crippen LogP contribution in [0.1, 0.15) is 20.3 Å². The van der Waals surface area contributed by atoms with Crippen molar-refractivity contribution in [1.82, 2.24) is 5.32 Å². The summed E-state index contributed by atoms with van der Waals surface area (Å²) in [5, 5.41) is 3.46. The van der Waals surface area contributed by atoms with Crippen LogP contribution in [0.2, 0.25) is 0 Å². The fourth-order valence-electron chi connectivity index (χ4n) is 1.89. The first-order valence-electron chi connectivity index (χ1n) is 6.97. The Morgan fingerprint density at radius 2 is 1.89 bits per heavy atom. The van der Waals surface area contributed by atoms with Gasteiger partial charge in [0.05, 0.1) is 0 Å². The molecule has 0 aliphatic rings. The van der Waals surface area contributed by atoms with Crippen molar-refractivity contribution in [1.29, 1.82) is 0 Å². The molecule has 0 aromatic heterocycles. The maximum atomic E-state index is 5.30. The topological polar surface area (TPSA) is 24.5 Å². The van der Waals surface area contributed by atoms with Crippen molar-refractivity contribution in [2.45, 2.75) is 20.3 Å². The van der Waals surface area contributed by atoms with Gasteiger partial charge in [-0.1, -0.05) is 18.2 Å². The molecule has 0 unspecified atom stereocenters. The Hall–Kier alpha value is -1.06. The minimum absolute atomic E-state index is 0.817. The first-order valence-corrected chi connectivity index (χ1v) is 6.97. The molecule has 0 aliphatic heterocycles. The van der Waals surface area contributed by atoms with Gasteiger partial charge in [0.25, 0.3) is 0 Å². The van der Waals surface area contributed by atoms with Crippen molar-refractivity contribution < 1.29 is 4.74 Å². The van der Waals surface area contributed by atoms with E-state index in [1.165, 1.54) is 5.69 Å². The Labute approximate surface area is 111 Å². The summed E-state index contributed by atoms with van der Waals surface area (Å²) in [4.78, 5) is 2.38. The van der Waals surface area contributed by atoms with E-state index < -0.39 is 0 Å². The lowest BCUT2D eigenvalue weighted by molar-refractivity contribution is 0.145. The van der Waals surface area contributed by atoms with Crippen LogP contribution >= 0.6 is 0 Å². The van der Waals surface area contributed by atoms with E-state index in [2.05, 4.69) is 47.5 Å². The van der Waals surface area contributed by atoms with Crippen molar-refractivity contribution in [3.05, 3.63) is 30.3 Å². The fraction of sp³-hybridized carbons (Fsp3) is 0.600. The van der Waals surface area contributed by atoms with Crippen LogP contribution < -0.4 is 10.2 Å². The predicted octanol–water partition coefficient (Wildman–Crippen LogP) is 2.53. The lowest BCUT2D eigenvalue weighted by Crippen LogP contribution is -2.32. The molecule has 3 heteroatoms. The molecule has 0 saturated heterocycles. The van der Waals surface area contributed by atoms with Gasteiger partial charge in [0.2, 0.25) is 0 Å². The summed E-state index contributed by atoms with van der Waals surface area (Å²) in [6.45, 7) is 10.1. The van der Waals surface area contributed by atoms with E-state index in [-0.39, 0.29) is 0 Å². The summed E-state index contributed by atoms with van der Waals surface area (Å²) < 4.78 is 5.30. The number of nitrogens with one attached hydrogen (secondary N) is 1. The third kappa shape index (κ3) is 6.03. The van der Waals surface area contributed by atoms with Crippen LogP contribution in [0.4, 0.5) is 5.69 Å². The molecule has 0 bridgehead atoms. The zero-order valence-electron chi connectivity index (χ0n) is 11.7. The molecule has 0 fully saturated rings. The quantitative estimate of drug-likeness (QED) is 0.646. The van der Waals surface area contributed by atoms with E-state index in [0.29, 0.717) is 0 Å². The molecule has 0 radical (unpaired) electrons. The Kier molecular flexibility index (Phi) is 8.26. The minimum atomic E-state index is 0.817. The maximum Gasteiger partial charge on any atom is 0.0477 e. The maximum absolute atomic E-state index is 5.30. The highest BCUT2D eigenvalue weighted by Gasteiger charge is 2.01.